The third-order valence-corrected chi connectivity index (χ3v) is 3.76. The first-order valence-electron chi connectivity index (χ1n) is 8.17. The molecule has 1 N–H and O–H groups in total. The second-order valence-electron chi connectivity index (χ2n) is 5.59. The molecule has 2 aromatic carbocycles. The third-order valence-electron chi connectivity index (χ3n) is 3.76. The minimum Gasteiger partial charge on any atom is -0.496 e. The maximum atomic E-state index is 13.5. The van der Waals surface area contributed by atoms with Crippen molar-refractivity contribution in [2.75, 3.05) is 12.4 Å². The topological polar surface area (TPSA) is 77.2 Å². The van der Waals surface area contributed by atoms with Gasteiger partial charge in [-0.1, -0.05) is 29.4 Å². The molecule has 0 atom stereocenters. The van der Waals surface area contributed by atoms with Crippen molar-refractivity contribution in [3.63, 3.8) is 0 Å². The molecule has 6 nitrogen and oxygen atoms in total. The van der Waals surface area contributed by atoms with E-state index in [1.54, 1.807) is 19.2 Å². The first-order chi connectivity index (χ1) is 12.7. The van der Waals surface area contributed by atoms with Crippen LogP contribution in [0.25, 0.3) is 11.4 Å². The summed E-state index contributed by atoms with van der Waals surface area (Å²) < 4.78 is 24.0. The van der Waals surface area contributed by atoms with Crippen LogP contribution >= 0.6 is 0 Å². The number of rotatable bonds is 7. The van der Waals surface area contributed by atoms with E-state index in [2.05, 4.69) is 15.5 Å². The second-order valence-corrected chi connectivity index (χ2v) is 5.59. The van der Waals surface area contributed by atoms with E-state index in [4.69, 9.17) is 9.26 Å². The number of nitrogens with zero attached hydrogens (tertiary/aromatic N) is 2. The molecule has 1 heterocycles. The molecule has 0 saturated heterocycles. The van der Waals surface area contributed by atoms with Gasteiger partial charge in [0.1, 0.15) is 11.6 Å². The minimum absolute atomic E-state index is 0.175. The number of methoxy groups -OCH3 is 1. The Morgan fingerprint density at radius 2 is 1.96 bits per heavy atom. The Balaban J connectivity index is 1.54. The van der Waals surface area contributed by atoms with E-state index in [9.17, 15) is 9.18 Å². The average molecular weight is 355 g/mol. The molecule has 0 aliphatic heterocycles. The highest BCUT2D eigenvalue weighted by Crippen LogP contribution is 2.27. The Hall–Kier alpha value is -3.22. The fourth-order valence-corrected chi connectivity index (χ4v) is 2.47. The van der Waals surface area contributed by atoms with E-state index in [1.165, 1.54) is 12.1 Å². The number of halogens is 1. The standard InChI is InChI=1S/C19H18FN3O3/c1-25-16-10-5-2-7-13(16)19-22-18(26-23-19)12-6-11-17(24)21-15-9-4-3-8-14(15)20/h2-5,7-10H,6,11-12H2,1H3,(H,21,24). The summed E-state index contributed by atoms with van der Waals surface area (Å²) in [4.78, 5) is 16.2. The van der Waals surface area contributed by atoms with Crippen molar-refractivity contribution >= 4 is 11.6 Å². The van der Waals surface area contributed by atoms with Gasteiger partial charge in [-0.3, -0.25) is 4.79 Å². The van der Waals surface area contributed by atoms with Gasteiger partial charge in [0.25, 0.3) is 0 Å². The molecule has 26 heavy (non-hydrogen) atoms. The lowest BCUT2D eigenvalue weighted by Crippen LogP contribution is -2.12. The summed E-state index contributed by atoms with van der Waals surface area (Å²) in [5.74, 6) is 0.806. The van der Waals surface area contributed by atoms with Crippen LogP contribution in [0.5, 0.6) is 5.75 Å². The number of benzene rings is 2. The van der Waals surface area contributed by atoms with Gasteiger partial charge in [-0.25, -0.2) is 4.39 Å². The average Bonchev–Trinajstić information content (AvgIpc) is 3.12. The van der Waals surface area contributed by atoms with Crippen molar-refractivity contribution in [2.45, 2.75) is 19.3 Å². The van der Waals surface area contributed by atoms with Crippen LogP contribution in [0.4, 0.5) is 10.1 Å². The van der Waals surface area contributed by atoms with Crippen molar-refractivity contribution in [2.24, 2.45) is 0 Å². The fraction of sp³-hybridized carbons (Fsp3) is 0.211. The van der Waals surface area contributed by atoms with Crippen LogP contribution in [0.3, 0.4) is 0 Å². The molecule has 0 unspecified atom stereocenters. The normalized spacial score (nSPS) is 10.5. The van der Waals surface area contributed by atoms with Crippen molar-refractivity contribution in [1.29, 1.82) is 0 Å². The van der Waals surface area contributed by atoms with Crippen LogP contribution in [0.2, 0.25) is 0 Å². The molecule has 7 heteroatoms. The molecule has 0 bridgehead atoms. The van der Waals surface area contributed by atoms with Gasteiger partial charge in [0.2, 0.25) is 17.6 Å². The lowest BCUT2D eigenvalue weighted by atomic mass is 10.2. The zero-order valence-electron chi connectivity index (χ0n) is 14.2. The Bertz CT molecular complexity index is 895. The number of amides is 1. The summed E-state index contributed by atoms with van der Waals surface area (Å²) in [6.07, 6.45) is 1.18. The molecule has 1 amide bonds. The highest BCUT2D eigenvalue weighted by Gasteiger charge is 2.13. The monoisotopic (exact) mass is 355 g/mol. The molecule has 0 spiro atoms. The maximum Gasteiger partial charge on any atom is 0.226 e. The van der Waals surface area contributed by atoms with Crippen LogP contribution in [0.15, 0.2) is 53.1 Å². The molecule has 0 aliphatic carbocycles. The van der Waals surface area contributed by atoms with E-state index in [0.717, 1.165) is 5.56 Å². The predicted octanol–water partition coefficient (Wildman–Crippen LogP) is 3.85. The summed E-state index contributed by atoms with van der Waals surface area (Å²) in [6.45, 7) is 0. The number of aromatic nitrogens is 2. The van der Waals surface area contributed by atoms with Gasteiger partial charge in [0, 0.05) is 12.8 Å². The van der Waals surface area contributed by atoms with Gasteiger partial charge in [-0.2, -0.15) is 4.98 Å². The van der Waals surface area contributed by atoms with E-state index in [0.29, 0.717) is 30.3 Å². The lowest BCUT2D eigenvalue weighted by Gasteiger charge is -2.05. The molecule has 0 saturated carbocycles. The quantitative estimate of drug-likeness (QED) is 0.697. The molecular weight excluding hydrogens is 337 g/mol. The molecule has 3 aromatic rings. The van der Waals surface area contributed by atoms with Gasteiger partial charge in [0.05, 0.1) is 18.4 Å². The number of para-hydroxylation sites is 2. The number of carbonyl (C=O) groups excluding carboxylic acids is 1. The zero-order valence-corrected chi connectivity index (χ0v) is 14.2. The van der Waals surface area contributed by atoms with Gasteiger partial charge in [-0.15, -0.1) is 0 Å². The Kier molecular flexibility index (Phi) is 5.58. The summed E-state index contributed by atoms with van der Waals surface area (Å²) in [7, 11) is 1.58. The predicted molar refractivity (Wildman–Crippen MR) is 94.3 cm³/mol. The first-order valence-corrected chi connectivity index (χ1v) is 8.17. The molecule has 0 aliphatic rings. The maximum absolute atomic E-state index is 13.5. The number of nitrogens with one attached hydrogen (secondary N) is 1. The van der Waals surface area contributed by atoms with Crippen LogP contribution in [-0.4, -0.2) is 23.2 Å². The number of carbonyl (C=O) groups is 1. The number of anilines is 1. The van der Waals surface area contributed by atoms with Crippen molar-refractivity contribution in [3.05, 3.63) is 60.2 Å². The summed E-state index contributed by atoms with van der Waals surface area (Å²) in [6, 6.07) is 13.4. The molecule has 0 radical (unpaired) electrons. The second kappa shape index (κ2) is 8.24. The number of hydrogen-bond donors (Lipinski definition) is 1. The summed E-state index contributed by atoms with van der Waals surface area (Å²) in [5.41, 5.74) is 0.913. The van der Waals surface area contributed by atoms with Crippen molar-refractivity contribution < 1.29 is 18.4 Å². The van der Waals surface area contributed by atoms with E-state index < -0.39 is 5.82 Å². The molecule has 134 valence electrons. The van der Waals surface area contributed by atoms with Gasteiger partial charge >= 0.3 is 0 Å². The highest BCUT2D eigenvalue weighted by atomic mass is 19.1. The Labute approximate surface area is 150 Å². The third kappa shape index (κ3) is 4.24. The van der Waals surface area contributed by atoms with E-state index in [-0.39, 0.29) is 18.0 Å². The van der Waals surface area contributed by atoms with Crippen LogP contribution in [0, 0.1) is 5.82 Å². The molecule has 3 rings (SSSR count). The van der Waals surface area contributed by atoms with Crippen LogP contribution in [-0.2, 0) is 11.2 Å². The summed E-state index contributed by atoms with van der Waals surface area (Å²) >= 11 is 0. The summed E-state index contributed by atoms with van der Waals surface area (Å²) in [5, 5.41) is 6.50. The van der Waals surface area contributed by atoms with Crippen LogP contribution in [0.1, 0.15) is 18.7 Å². The van der Waals surface area contributed by atoms with E-state index >= 15 is 0 Å². The molecule has 0 fully saturated rings. The first kappa shape index (κ1) is 17.6. The largest absolute Gasteiger partial charge is 0.496 e. The number of aryl methyl sites for hydroxylation is 1. The van der Waals surface area contributed by atoms with Gasteiger partial charge in [0.15, 0.2) is 0 Å². The van der Waals surface area contributed by atoms with Crippen molar-refractivity contribution in [1.82, 2.24) is 10.1 Å². The molecular formula is C19H18FN3O3. The van der Waals surface area contributed by atoms with Gasteiger partial charge in [-0.05, 0) is 30.7 Å². The highest BCUT2D eigenvalue weighted by molar-refractivity contribution is 5.90. The van der Waals surface area contributed by atoms with Crippen molar-refractivity contribution in [3.8, 4) is 17.1 Å². The number of hydrogen-bond acceptors (Lipinski definition) is 5. The van der Waals surface area contributed by atoms with Crippen LogP contribution < -0.4 is 10.1 Å². The number of ether oxygens (including phenoxy) is 1. The van der Waals surface area contributed by atoms with E-state index in [1.807, 2.05) is 24.3 Å². The Morgan fingerprint density at radius 1 is 1.19 bits per heavy atom. The SMILES string of the molecule is COc1ccccc1-c1noc(CCCC(=O)Nc2ccccc2F)n1. The molecule has 1 aromatic heterocycles. The van der Waals surface area contributed by atoms with Gasteiger partial charge < -0.3 is 14.6 Å². The lowest BCUT2D eigenvalue weighted by molar-refractivity contribution is -0.116. The smallest absolute Gasteiger partial charge is 0.226 e. The Morgan fingerprint density at radius 3 is 2.77 bits per heavy atom. The fourth-order valence-electron chi connectivity index (χ4n) is 2.47. The zero-order chi connectivity index (χ0) is 18.4. The minimum atomic E-state index is -0.459.